The summed E-state index contributed by atoms with van der Waals surface area (Å²) in [4.78, 5) is 0. The molecule has 1 saturated heterocycles. The Kier molecular flexibility index (Phi) is 3.34. The smallest absolute Gasteiger partial charge is 0.122 e. The molecule has 20 heavy (non-hydrogen) atoms. The first kappa shape index (κ1) is 14.6. The fourth-order valence-electron chi connectivity index (χ4n) is 4.85. The molecule has 0 aromatic heterocycles. The third kappa shape index (κ3) is 1.99. The van der Waals surface area contributed by atoms with E-state index in [1.807, 2.05) is 0 Å². The van der Waals surface area contributed by atoms with Gasteiger partial charge in [0.2, 0.25) is 0 Å². The van der Waals surface area contributed by atoms with Crippen molar-refractivity contribution in [2.45, 2.75) is 72.4 Å². The lowest BCUT2D eigenvalue weighted by Crippen LogP contribution is -2.57. The molecule has 1 fully saturated rings. The van der Waals surface area contributed by atoms with Crippen molar-refractivity contribution in [3.05, 3.63) is 11.1 Å². The molecule has 0 amide bonds. The predicted octanol–water partition coefficient (Wildman–Crippen LogP) is 4.27. The van der Waals surface area contributed by atoms with E-state index in [9.17, 15) is 0 Å². The van der Waals surface area contributed by atoms with Gasteiger partial charge in [-0.3, -0.25) is 5.32 Å². The van der Waals surface area contributed by atoms with E-state index >= 15 is 0 Å². The summed E-state index contributed by atoms with van der Waals surface area (Å²) >= 11 is 0. The third-order valence-corrected chi connectivity index (χ3v) is 6.75. The van der Waals surface area contributed by atoms with E-state index in [-0.39, 0.29) is 11.1 Å². The Labute approximate surface area is 124 Å². The average Bonchev–Trinajstić information content (AvgIpc) is 2.80. The van der Waals surface area contributed by atoms with Crippen LogP contribution in [0.5, 0.6) is 0 Å². The van der Waals surface area contributed by atoms with Crippen molar-refractivity contribution in [1.82, 2.24) is 5.32 Å². The highest BCUT2D eigenvalue weighted by Crippen LogP contribution is 2.57. The van der Waals surface area contributed by atoms with E-state index in [0.29, 0.717) is 11.3 Å². The lowest BCUT2D eigenvalue weighted by Gasteiger charge is -2.54. The zero-order chi connectivity index (χ0) is 14.6. The molecule has 0 saturated carbocycles. The SMILES string of the molecule is CC1CC2=C(CC1(C)C1(C)NCCO1)C(C)(C)CCC2. The summed E-state index contributed by atoms with van der Waals surface area (Å²) in [7, 11) is 0. The Morgan fingerprint density at radius 1 is 1.20 bits per heavy atom. The Balaban J connectivity index is 1.98. The van der Waals surface area contributed by atoms with Crippen LogP contribution in [0.25, 0.3) is 0 Å². The van der Waals surface area contributed by atoms with E-state index < -0.39 is 0 Å². The Hall–Kier alpha value is -0.340. The molecule has 0 aromatic rings. The summed E-state index contributed by atoms with van der Waals surface area (Å²) in [5.41, 5.74) is 3.97. The highest BCUT2D eigenvalue weighted by Gasteiger charge is 2.54. The third-order valence-electron chi connectivity index (χ3n) is 6.75. The van der Waals surface area contributed by atoms with Crippen LogP contribution in [0.3, 0.4) is 0 Å². The summed E-state index contributed by atoms with van der Waals surface area (Å²) in [5, 5.41) is 3.65. The molecule has 0 spiro atoms. The summed E-state index contributed by atoms with van der Waals surface area (Å²) in [6.45, 7) is 13.9. The van der Waals surface area contributed by atoms with Crippen LogP contribution in [0, 0.1) is 16.7 Å². The average molecular weight is 277 g/mol. The summed E-state index contributed by atoms with van der Waals surface area (Å²) in [6.07, 6.45) is 6.54. The van der Waals surface area contributed by atoms with Gasteiger partial charge in [-0.1, -0.05) is 38.8 Å². The lowest BCUT2D eigenvalue weighted by atomic mass is 9.55. The van der Waals surface area contributed by atoms with E-state index in [0.717, 1.165) is 13.2 Å². The molecule has 2 nitrogen and oxygen atoms in total. The molecular formula is C18H31NO. The van der Waals surface area contributed by atoms with Gasteiger partial charge in [-0.05, 0) is 50.4 Å². The number of ether oxygens (including phenoxy) is 1. The van der Waals surface area contributed by atoms with Gasteiger partial charge in [0.15, 0.2) is 0 Å². The van der Waals surface area contributed by atoms with Gasteiger partial charge in [-0.15, -0.1) is 0 Å². The first-order chi connectivity index (χ1) is 9.29. The maximum atomic E-state index is 6.17. The largest absolute Gasteiger partial charge is 0.359 e. The first-order valence-electron chi connectivity index (χ1n) is 8.39. The van der Waals surface area contributed by atoms with Gasteiger partial charge in [0.1, 0.15) is 5.72 Å². The van der Waals surface area contributed by atoms with Crippen LogP contribution in [-0.4, -0.2) is 18.9 Å². The van der Waals surface area contributed by atoms with Crippen LogP contribution in [-0.2, 0) is 4.74 Å². The van der Waals surface area contributed by atoms with Gasteiger partial charge >= 0.3 is 0 Å². The van der Waals surface area contributed by atoms with Crippen molar-refractivity contribution in [3.63, 3.8) is 0 Å². The first-order valence-corrected chi connectivity index (χ1v) is 8.39. The minimum absolute atomic E-state index is 0.154. The Bertz CT molecular complexity index is 431. The second-order valence-electron chi connectivity index (χ2n) is 8.33. The molecule has 0 aromatic carbocycles. The molecule has 2 heteroatoms. The van der Waals surface area contributed by atoms with E-state index in [2.05, 4.69) is 39.9 Å². The Morgan fingerprint density at radius 3 is 2.60 bits per heavy atom. The quantitative estimate of drug-likeness (QED) is 0.723. The molecule has 1 aliphatic heterocycles. The summed E-state index contributed by atoms with van der Waals surface area (Å²) in [6, 6.07) is 0. The molecule has 0 bridgehead atoms. The van der Waals surface area contributed by atoms with Crippen LogP contribution in [0.1, 0.15) is 66.7 Å². The second kappa shape index (κ2) is 4.58. The van der Waals surface area contributed by atoms with Gasteiger partial charge in [-0.2, -0.15) is 0 Å². The van der Waals surface area contributed by atoms with Crippen molar-refractivity contribution < 1.29 is 4.74 Å². The fraction of sp³-hybridized carbons (Fsp3) is 0.889. The zero-order valence-electron chi connectivity index (χ0n) is 13.9. The number of hydrogen-bond acceptors (Lipinski definition) is 2. The van der Waals surface area contributed by atoms with Crippen LogP contribution in [0.2, 0.25) is 0 Å². The summed E-state index contributed by atoms with van der Waals surface area (Å²) < 4.78 is 6.17. The van der Waals surface area contributed by atoms with Crippen LogP contribution in [0.4, 0.5) is 0 Å². The molecule has 2 aliphatic carbocycles. The molecule has 3 aliphatic rings. The number of hydrogen-bond donors (Lipinski definition) is 1. The normalized spacial score (nSPS) is 44.5. The van der Waals surface area contributed by atoms with E-state index in [1.165, 1.54) is 32.1 Å². The van der Waals surface area contributed by atoms with Gasteiger partial charge < -0.3 is 4.74 Å². The van der Waals surface area contributed by atoms with Crippen molar-refractivity contribution in [2.24, 2.45) is 16.7 Å². The Morgan fingerprint density at radius 2 is 1.95 bits per heavy atom. The van der Waals surface area contributed by atoms with Crippen molar-refractivity contribution >= 4 is 0 Å². The predicted molar refractivity (Wildman–Crippen MR) is 83.5 cm³/mol. The van der Waals surface area contributed by atoms with Gasteiger partial charge in [-0.25, -0.2) is 0 Å². The molecule has 1 N–H and O–H groups in total. The van der Waals surface area contributed by atoms with Crippen molar-refractivity contribution in [3.8, 4) is 0 Å². The number of rotatable bonds is 1. The highest BCUT2D eigenvalue weighted by atomic mass is 16.5. The maximum Gasteiger partial charge on any atom is 0.122 e. The summed E-state index contributed by atoms with van der Waals surface area (Å²) in [5.74, 6) is 0.686. The highest BCUT2D eigenvalue weighted by molar-refractivity contribution is 5.30. The molecule has 114 valence electrons. The standard InChI is InChI=1S/C18H31NO/c1-13-11-14-7-6-8-16(2,3)15(14)12-17(13,4)18(5)19-9-10-20-18/h13,19H,6-12H2,1-5H3. The van der Waals surface area contributed by atoms with Crippen LogP contribution >= 0.6 is 0 Å². The van der Waals surface area contributed by atoms with Crippen LogP contribution < -0.4 is 5.32 Å². The van der Waals surface area contributed by atoms with Gasteiger partial charge in [0.05, 0.1) is 6.61 Å². The number of allylic oxidation sites excluding steroid dienone is 2. The monoisotopic (exact) mass is 277 g/mol. The van der Waals surface area contributed by atoms with E-state index in [4.69, 9.17) is 4.74 Å². The molecular weight excluding hydrogens is 246 g/mol. The van der Waals surface area contributed by atoms with Gasteiger partial charge in [0, 0.05) is 12.0 Å². The molecule has 3 atom stereocenters. The minimum Gasteiger partial charge on any atom is -0.359 e. The second-order valence-corrected chi connectivity index (χ2v) is 8.33. The molecule has 0 radical (unpaired) electrons. The molecule has 3 rings (SSSR count). The molecule has 1 heterocycles. The van der Waals surface area contributed by atoms with Gasteiger partial charge in [0.25, 0.3) is 0 Å². The van der Waals surface area contributed by atoms with E-state index in [1.54, 1.807) is 11.1 Å². The lowest BCUT2D eigenvalue weighted by molar-refractivity contribution is -0.123. The zero-order valence-corrected chi connectivity index (χ0v) is 13.9. The minimum atomic E-state index is -0.154. The van der Waals surface area contributed by atoms with Crippen molar-refractivity contribution in [1.29, 1.82) is 0 Å². The topological polar surface area (TPSA) is 21.3 Å². The fourth-order valence-corrected chi connectivity index (χ4v) is 4.85. The van der Waals surface area contributed by atoms with Crippen LogP contribution in [0.15, 0.2) is 11.1 Å². The van der Waals surface area contributed by atoms with Crippen molar-refractivity contribution in [2.75, 3.05) is 13.2 Å². The number of nitrogens with one attached hydrogen (secondary N) is 1. The maximum absolute atomic E-state index is 6.17. The molecule has 3 unspecified atom stereocenters.